The van der Waals surface area contributed by atoms with Crippen molar-refractivity contribution in [2.45, 2.75) is 6.42 Å². The largest absolute Gasteiger partial charge is 0.508 e. The van der Waals surface area contributed by atoms with Crippen molar-refractivity contribution in [1.82, 2.24) is 9.91 Å². The van der Waals surface area contributed by atoms with Gasteiger partial charge in [0.1, 0.15) is 5.75 Å². The number of hydrazone groups is 1. The zero-order valence-corrected chi connectivity index (χ0v) is 14.0. The monoisotopic (exact) mass is 372 g/mol. The van der Waals surface area contributed by atoms with Crippen LogP contribution in [0, 0.1) is 0 Å². The average molecular weight is 372 g/mol. The van der Waals surface area contributed by atoms with Crippen LogP contribution in [0.15, 0.2) is 46.3 Å². The molecule has 0 aliphatic carbocycles. The van der Waals surface area contributed by atoms with Crippen molar-refractivity contribution in [3.63, 3.8) is 0 Å². The number of nitrogens with zero attached hydrogens (tertiary/aromatic N) is 3. The molecule has 1 saturated heterocycles. The minimum atomic E-state index is -1.09. The van der Waals surface area contributed by atoms with Gasteiger partial charge in [-0.25, -0.2) is 19.5 Å². The fourth-order valence-electron chi connectivity index (χ4n) is 2.49. The molecule has 1 aliphatic heterocycles. The lowest BCUT2D eigenvalue weighted by molar-refractivity contribution is -0.136. The van der Waals surface area contributed by atoms with E-state index in [1.54, 1.807) is 6.07 Å². The van der Waals surface area contributed by atoms with Crippen LogP contribution in [0.25, 0.3) is 0 Å². The van der Waals surface area contributed by atoms with Crippen LogP contribution in [0.4, 0.5) is 15.3 Å². The number of furan rings is 1. The summed E-state index contributed by atoms with van der Waals surface area (Å²) in [5.41, 5.74) is 1.09. The number of carboxylic acid groups (broad SMARTS) is 1. The molecule has 10 heteroatoms. The number of phenolic OH excluding ortho intramolecular Hbond substituents is 1. The molecule has 2 aromatic rings. The molecule has 140 valence electrons. The molecule has 1 fully saturated rings. The second-order valence-electron chi connectivity index (χ2n) is 5.70. The number of phenols is 1. The van der Waals surface area contributed by atoms with Crippen LogP contribution in [0.3, 0.4) is 0 Å². The maximum atomic E-state index is 12.4. The third kappa shape index (κ3) is 4.24. The maximum Gasteiger partial charge on any atom is 0.348 e. The van der Waals surface area contributed by atoms with Gasteiger partial charge in [0.05, 0.1) is 38.3 Å². The first-order chi connectivity index (χ1) is 12.9. The van der Waals surface area contributed by atoms with Crippen molar-refractivity contribution in [3.8, 4) is 5.75 Å². The number of imide groups is 1. The van der Waals surface area contributed by atoms with Gasteiger partial charge in [-0.3, -0.25) is 4.79 Å². The summed E-state index contributed by atoms with van der Waals surface area (Å²) in [6, 6.07) is 4.25. The van der Waals surface area contributed by atoms with E-state index in [4.69, 9.17) is 9.52 Å². The van der Waals surface area contributed by atoms with Gasteiger partial charge in [-0.15, -0.1) is 0 Å². The lowest BCUT2D eigenvalue weighted by Crippen LogP contribution is -2.38. The number of carbonyl (C=O) groups excluding carboxylic acids is 2. The van der Waals surface area contributed by atoms with E-state index in [-0.39, 0.29) is 30.9 Å². The number of carboxylic acids is 1. The number of carbonyl (C=O) groups is 3. The van der Waals surface area contributed by atoms with Gasteiger partial charge >= 0.3 is 18.0 Å². The fraction of sp³-hybridized carbons (Fsp3) is 0.176. The van der Waals surface area contributed by atoms with Crippen molar-refractivity contribution in [2.24, 2.45) is 5.10 Å². The Kier molecular flexibility index (Phi) is 5.06. The third-order valence-electron chi connectivity index (χ3n) is 3.80. The van der Waals surface area contributed by atoms with E-state index in [1.165, 1.54) is 36.9 Å². The minimum absolute atomic E-state index is 0.112. The van der Waals surface area contributed by atoms with Crippen molar-refractivity contribution >= 4 is 29.9 Å². The topological polar surface area (TPSA) is 136 Å². The van der Waals surface area contributed by atoms with Crippen LogP contribution in [-0.4, -0.2) is 57.5 Å². The van der Waals surface area contributed by atoms with Gasteiger partial charge in [-0.05, 0) is 17.7 Å². The van der Waals surface area contributed by atoms with E-state index < -0.39 is 18.0 Å². The molecule has 0 bridgehead atoms. The van der Waals surface area contributed by atoms with E-state index in [2.05, 4.69) is 10.4 Å². The molecule has 10 nitrogen and oxygen atoms in total. The van der Waals surface area contributed by atoms with Crippen molar-refractivity contribution in [1.29, 1.82) is 0 Å². The number of anilines is 1. The molecule has 1 aliphatic rings. The van der Waals surface area contributed by atoms with Gasteiger partial charge in [0.2, 0.25) is 0 Å². The predicted molar refractivity (Wildman–Crippen MR) is 93.6 cm³/mol. The summed E-state index contributed by atoms with van der Waals surface area (Å²) in [6.45, 7) is 0.323. The molecule has 3 N–H and O–H groups in total. The Morgan fingerprint density at radius 2 is 2.11 bits per heavy atom. The normalized spacial score (nSPS) is 14.1. The summed E-state index contributed by atoms with van der Waals surface area (Å²) in [4.78, 5) is 36.7. The van der Waals surface area contributed by atoms with Crippen molar-refractivity contribution in [2.75, 3.05) is 18.4 Å². The van der Waals surface area contributed by atoms with Gasteiger partial charge in [-0.1, -0.05) is 6.07 Å². The Morgan fingerprint density at radius 1 is 1.30 bits per heavy atom. The second-order valence-corrected chi connectivity index (χ2v) is 5.70. The standard InChI is InChI=1S/C17H16N4O6/c22-13-2-1-12(7-15(23)24)14(8-13)19-16(25)20-4-5-21(17(20)26)18-9-11-3-6-27-10-11/h1-3,6,8-10,22H,4-5,7H2,(H,19,25)(H,23,24). The SMILES string of the molecule is O=C(O)Cc1ccc(O)cc1NC(=O)N1CCN(N=Cc2ccoc2)C1=O. The van der Waals surface area contributed by atoms with E-state index in [9.17, 15) is 19.5 Å². The minimum Gasteiger partial charge on any atom is -0.508 e. The van der Waals surface area contributed by atoms with Crippen LogP contribution in [-0.2, 0) is 11.2 Å². The van der Waals surface area contributed by atoms with E-state index in [0.717, 1.165) is 9.91 Å². The highest BCUT2D eigenvalue weighted by Gasteiger charge is 2.33. The van der Waals surface area contributed by atoms with E-state index >= 15 is 0 Å². The lowest BCUT2D eigenvalue weighted by atomic mass is 10.1. The van der Waals surface area contributed by atoms with Gasteiger partial charge < -0.3 is 19.9 Å². The molecule has 2 heterocycles. The zero-order valence-electron chi connectivity index (χ0n) is 14.0. The van der Waals surface area contributed by atoms with Crippen LogP contribution < -0.4 is 5.32 Å². The number of benzene rings is 1. The number of rotatable bonds is 5. The average Bonchev–Trinajstić information content (AvgIpc) is 3.25. The molecule has 1 aromatic heterocycles. The Bertz CT molecular complexity index is 893. The number of nitrogens with one attached hydrogen (secondary N) is 1. The van der Waals surface area contributed by atoms with Gasteiger partial charge in [-0.2, -0.15) is 5.10 Å². The Morgan fingerprint density at radius 3 is 2.81 bits per heavy atom. The van der Waals surface area contributed by atoms with Crippen LogP contribution >= 0.6 is 0 Å². The van der Waals surface area contributed by atoms with E-state index in [1.807, 2.05) is 0 Å². The predicted octanol–water partition coefficient (Wildman–Crippen LogP) is 1.92. The first-order valence-corrected chi connectivity index (χ1v) is 7.94. The van der Waals surface area contributed by atoms with Crippen molar-refractivity contribution in [3.05, 3.63) is 47.9 Å². The second kappa shape index (κ2) is 7.60. The fourth-order valence-corrected chi connectivity index (χ4v) is 2.49. The molecule has 0 radical (unpaired) electrons. The zero-order chi connectivity index (χ0) is 19.4. The Balaban J connectivity index is 1.69. The lowest BCUT2D eigenvalue weighted by Gasteiger charge is -2.16. The van der Waals surface area contributed by atoms with Crippen molar-refractivity contribution < 1.29 is 29.0 Å². The number of aromatic hydroxyl groups is 1. The van der Waals surface area contributed by atoms with Crippen LogP contribution in [0.1, 0.15) is 11.1 Å². The molecule has 0 spiro atoms. The molecule has 27 heavy (non-hydrogen) atoms. The van der Waals surface area contributed by atoms with Gasteiger partial charge in [0.15, 0.2) is 0 Å². The summed E-state index contributed by atoms with van der Waals surface area (Å²) in [7, 11) is 0. The maximum absolute atomic E-state index is 12.4. The Labute approximate surface area is 153 Å². The summed E-state index contributed by atoms with van der Waals surface area (Å²) in [5.74, 6) is -1.23. The number of hydrogen-bond acceptors (Lipinski definition) is 6. The van der Waals surface area contributed by atoms with Crippen LogP contribution in [0.2, 0.25) is 0 Å². The quantitative estimate of drug-likeness (QED) is 0.686. The molecule has 0 saturated carbocycles. The number of hydrogen-bond donors (Lipinski definition) is 3. The first-order valence-electron chi connectivity index (χ1n) is 7.94. The highest BCUT2D eigenvalue weighted by Crippen LogP contribution is 2.23. The molecule has 3 rings (SSSR count). The summed E-state index contributed by atoms with van der Waals surface area (Å²) in [5, 5.41) is 26.2. The molecule has 0 unspecified atom stereocenters. The smallest absolute Gasteiger partial charge is 0.348 e. The highest BCUT2D eigenvalue weighted by molar-refractivity contribution is 6.02. The summed E-state index contributed by atoms with van der Waals surface area (Å²) >= 11 is 0. The molecule has 0 atom stereocenters. The molecular formula is C17H16N4O6. The molecule has 4 amide bonds. The summed E-state index contributed by atoms with van der Waals surface area (Å²) < 4.78 is 4.90. The van der Waals surface area contributed by atoms with Gasteiger partial charge in [0.25, 0.3) is 0 Å². The number of aliphatic carboxylic acids is 1. The Hall–Kier alpha value is -3.82. The molecule has 1 aromatic carbocycles. The third-order valence-corrected chi connectivity index (χ3v) is 3.80. The van der Waals surface area contributed by atoms with Crippen LogP contribution in [0.5, 0.6) is 5.75 Å². The van der Waals surface area contributed by atoms with E-state index in [0.29, 0.717) is 11.1 Å². The number of amides is 4. The summed E-state index contributed by atoms with van der Waals surface area (Å²) in [6.07, 6.45) is 4.02. The molecular weight excluding hydrogens is 356 g/mol. The highest BCUT2D eigenvalue weighted by atomic mass is 16.4. The number of urea groups is 2. The van der Waals surface area contributed by atoms with Gasteiger partial charge in [0, 0.05) is 17.3 Å². The first kappa shape index (κ1) is 18.0.